The minimum Gasteiger partial charge on any atom is -0.388 e. The molecule has 0 heterocycles. The van der Waals surface area contributed by atoms with E-state index < -0.39 is 6.10 Å². The summed E-state index contributed by atoms with van der Waals surface area (Å²) in [7, 11) is 0. The number of hydrogen-bond acceptors (Lipinski definition) is 1. The molecule has 1 N–H and O–H groups in total. The quantitative estimate of drug-likeness (QED) is 0.752. The van der Waals surface area contributed by atoms with Gasteiger partial charge in [-0.2, -0.15) is 0 Å². The summed E-state index contributed by atoms with van der Waals surface area (Å²) in [6, 6.07) is 5.70. The number of rotatable bonds is 2. The molecule has 1 aromatic rings. The molecule has 1 aliphatic carbocycles. The lowest BCUT2D eigenvalue weighted by atomic mass is 9.89. The van der Waals surface area contributed by atoms with Crippen molar-refractivity contribution in [2.24, 2.45) is 5.92 Å². The van der Waals surface area contributed by atoms with Crippen molar-refractivity contribution in [3.8, 4) is 0 Å². The molecule has 1 nitrogen and oxygen atoms in total. The molecule has 1 atom stereocenters. The molecule has 0 saturated heterocycles. The van der Waals surface area contributed by atoms with Crippen molar-refractivity contribution in [1.29, 1.82) is 0 Å². The molecule has 0 spiro atoms. The second-order valence-electron chi connectivity index (χ2n) is 4.86. The molecule has 1 saturated carbocycles. The maximum absolute atomic E-state index is 10.5. The van der Waals surface area contributed by atoms with Gasteiger partial charge in [0.15, 0.2) is 0 Å². The molecule has 0 bridgehead atoms. The van der Waals surface area contributed by atoms with Gasteiger partial charge in [0, 0.05) is 15.1 Å². The van der Waals surface area contributed by atoms with Gasteiger partial charge in [0.25, 0.3) is 0 Å². The highest BCUT2D eigenvalue weighted by atomic mass is 79.9. The smallest absolute Gasteiger partial charge is 0.0832 e. The zero-order valence-corrected chi connectivity index (χ0v) is 12.2. The minimum atomic E-state index is -0.418. The second kappa shape index (κ2) is 6.21. The van der Waals surface area contributed by atoms with Crippen molar-refractivity contribution in [3.05, 3.63) is 33.3 Å². The third-order valence-electron chi connectivity index (χ3n) is 3.62. The van der Waals surface area contributed by atoms with E-state index in [9.17, 15) is 5.11 Å². The summed E-state index contributed by atoms with van der Waals surface area (Å²) in [6.07, 6.45) is 6.87. The molecule has 1 aliphatic rings. The van der Waals surface area contributed by atoms with Crippen LogP contribution in [0.1, 0.15) is 50.2 Å². The van der Waals surface area contributed by atoms with Crippen LogP contribution in [0, 0.1) is 5.92 Å². The van der Waals surface area contributed by atoms with Crippen LogP contribution in [0.4, 0.5) is 0 Å². The summed E-state index contributed by atoms with van der Waals surface area (Å²) >= 11 is 9.60. The molecule has 0 radical (unpaired) electrons. The Morgan fingerprint density at radius 2 is 1.82 bits per heavy atom. The molecular formula is C14H18BrClO. The SMILES string of the molecule is OC(c1cc(Br)ccc1Cl)C1CCCCCC1. The maximum Gasteiger partial charge on any atom is 0.0832 e. The van der Waals surface area contributed by atoms with Gasteiger partial charge in [-0.25, -0.2) is 0 Å². The van der Waals surface area contributed by atoms with Crippen molar-refractivity contribution in [1.82, 2.24) is 0 Å². The Kier molecular flexibility index (Phi) is 4.89. The first-order chi connectivity index (χ1) is 8.18. The fraction of sp³-hybridized carbons (Fsp3) is 0.571. The molecular weight excluding hydrogens is 300 g/mol. The van der Waals surface area contributed by atoms with E-state index >= 15 is 0 Å². The highest BCUT2D eigenvalue weighted by molar-refractivity contribution is 9.10. The molecule has 0 aliphatic heterocycles. The Hall–Kier alpha value is -0.0500. The maximum atomic E-state index is 10.5. The Morgan fingerprint density at radius 1 is 1.18 bits per heavy atom. The molecule has 1 aromatic carbocycles. The summed E-state index contributed by atoms with van der Waals surface area (Å²) in [5.74, 6) is 0.365. The van der Waals surface area contributed by atoms with E-state index in [1.165, 1.54) is 25.7 Å². The fourth-order valence-corrected chi connectivity index (χ4v) is 3.23. The van der Waals surface area contributed by atoms with Crippen LogP contribution in [0.3, 0.4) is 0 Å². The zero-order chi connectivity index (χ0) is 12.3. The summed E-state index contributed by atoms with van der Waals surface area (Å²) in [4.78, 5) is 0. The molecule has 1 unspecified atom stereocenters. The third kappa shape index (κ3) is 3.46. The average molecular weight is 318 g/mol. The Morgan fingerprint density at radius 3 is 2.47 bits per heavy atom. The van der Waals surface area contributed by atoms with Crippen molar-refractivity contribution < 1.29 is 5.11 Å². The van der Waals surface area contributed by atoms with Crippen LogP contribution >= 0.6 is 27.5 Å². The van der Waals surface area contributed by atoms with Gasteiger partial charge in [-0.15, -0.1) is 0 Å². The van der Waals surface area contributed by atoms with Crippen molar-refractivity contribution in [2.75, 3.05) is 0 Å². The van der Waals surface area contributed by atoms with E-state index in [1.807, 2.05) is 18.2 Å². The molecule has 3 heteroatoms. The number of hydrogen-bond donors (Lipinski definition) is 1. The van der Waals surface area contributed by atoms with Gasteiger partial charge in [0.05, 0.1) is 6.10 Å². The van der Waals surface area contributed by atoms with Gasteiger partial charge < -0.3 is 5.11 Å². The van der Waals surface area contributed by atoms with Crippen molar-refractivity contribution >= 4 is 27.5 Å². The first-order valence-electron chi connectivity index (χ1n) is 6.31. The number of benzene rings is 1. The van der Waals surface area contributed by atoms with E-state index in [0.29, 0.717) is 10.9 Å². The van der Waals surface area contributed by atoms with Gasteiger partial charge in [0.1, 0.15) is 0 Å². The molecule has 17 heavy (non-hydrogen) atoms. The van der Waals surface area contributed by atoms with E-state index in [2.05, 4.69) is 15.9 Å². The molecule has 0 aromatic heterocycles. The van der Waals surface area contributed by atoms with Crippen molar-refractivity contribution in [3.63, 3.8) is 0 Å². The summed E-state index contributed by atoms with van der Waals surface area (Å²) < 4.78 is 0.976. The van der Waals surface area contributed by atoms with E-state index in [1.54, 1.807) is 0 Å². The van der Waals surface area contributed by atoms with E-state index in [4.69, 9.17) is 11.6 Å². The molecule has 94 valence electrons. The third-order valence-corrected chi connectivity index (χ3v) is 4.46. The van der Waals surface area contributed by atoms with Crippen LogP contribution in [0.25, 0.3) is 0 Å². The standard InChI is InChI=1S/C14H18BrClO/c15-11-7-8-13(16)12(9-11)14(17)10-5-3-1-2-4-6-10/h7-10,14,17H,1-6H2. The molecule has 2 rings (SSSR count). The minimum absolute atomic E-state index is 0.365. The van der Waals surface area contributed by atoms with Gasteiger partial charge in [0.2, 0.25) is 0 Å². The van der Waals surface area contributed by atoms with Crippen LogP contribution in [0.5, 0.6) is 0 Å². The Balaban J connectivity index is 2.16. The van der Waals surface area contributed by atoms with Gasteiger partial charge in [-0.1, -0.05) is 53.2 Å². The van der Waals surface area contributed by atoms with E-state index in [0.717, 1.165) is 22.9 Å². The summed E-state index contributed by atoms with van der Waals surface area (Å²) in [6.45, 7) is 0. The number of aliphatic hydroxyl groups excluding tert-OH is 1. The van der Waals surface area contributed by atoms with Crippen molar-refractivity contribution in [2.45, 2.75) is 44.6 Å². The summed E-state index contributed by atoms with van der Waals surface area (Å²) in [5.41, 5.74) is 0.868. The first-order valence-corrected chi connectivity index (χ1v) is 7.48. The first kappa shape index (κ1) is 13.4. The number of aliphatic hydroxyl groups is 1. The van der Waals surface area contributed by atoms with Crippen LogP contribution in [-0.2, 0) is 0 Å². The topological polar surface area (TPSA) is 20.2 Å². The lowest BCUT2D eigenvalue weighted by Crippen LogP contribution is -2.12. The normalized spacial score (nSPS) is 19.9. The monoisotopic (exact) mass is 316 g/mol. The fourth-order valence-electron chi connectivity index (χ4n) is 2.62. The number of halogens is 2. The second-order valence-corrected chi connectivity index (χ2v) is 6.19. The van der Waals surface area contributed by atoms with Gasteiger partial charge >= 0.3 is 0 Å². The Labute approximate surface area is 116 Å². The van der Waals surface area contributed by atoms with Crippen LogP contribution in [0.2, 0.25) is 5.02 Å². The van der Waals surface area contributed by atoms with E-state index in [-0.39, 0.29) is 0 Å². The lowest BCUT2D eigenvalue weighted by Gasteiger charge is -2.22. The molecule has 0 amide bonds. The predicted octanol–water partition coefficient (Wildman–Crippen LogP) is 5.11. The highest BCUT2D eigenvalue weighted by Gasteiger charge is 2.23. The van der Waals surface area contributed by atoms with Gasteiger partial charge in [-0.3, -0.25) is 0 Å². The largest absolute Gasteiger partial charge is 0.388 e. The average Bonchev–Trinajstić information content (AvgIpc) is 2.60. The van der Waals surface area contributed by atoms with Crippen LogP contribution in [0.15, 0.2) is 22.7 Å². The van der Waals surface area contributed by atoms with Crippen LogP contribution < -0.4 is 0 Å². The summed E-state index contributed by atoms with van der Waals surface area (Å²) in [5, 5.41) is 11.1. The van der Waals surface area contributed by atoms with Gasteiger partial charge in [-0.05, 0) is 37.0 Å². The Bertz CT molecular complexity index is 372. The molecule has 1 fully saturated rings. The zero-order valence-electron chi connectivity index (χ0n) is 9.83. The highest BCUT2D eigenvalue weighted by Crippen LogP contribution is 2.37. The predicted molar refractivity (Wildman–Crippen MR) is 75.3 cm³/mol. The van der Waals surface area contributed by atoms with Crippen LogP contribution in [-0.4, -0.2) is 5.11 Å². The lowest BCUT2D eigenvalue weighted by molar-refractivity contribution is 0.0988.